The summed E-state index contributed by atoms with van der Waals surface area (Å²) in [6.45, 7) is 1.92. The van der Waals surface area contributed by atoms with E-state index in [4.69, 9.17) is 5.73 Å². The zero-order valence-electron chi connectivity index (χ0n) is 17.1. The maximum atomic E-state index is 12.5. The van der Waals surface area contributed by atoms with Gasteiger partial charge in [0, 0.05) is 5.56 Å². The fraction of sp³-hybridized carbons (Fsp3) is 0.238. The van der Waals surface area contributed by atoms with Crippen LogP contribution in [0.5, 0.6) is 0 Å². The third-order valence-electron chi connectivity index (χ3n) is 4.78. The number of hydrogen-bond donors (Lipinski definition) is 5. The minimum atomic E-state index is -0.933. The number of thiazole rings is 1. The fourth-order valence-corrected chi connectivity index (χ4v) is 4.83. The van der Waals surface area contributed by atoms with Crippen LogP contribution in [0, 0.1) is 6.92 Å². The van der Waals surface area contributed by atoms with E-state index in [1.54, 1.807) is 12.1 Å². The van der Waals surface area contributed by atoms with Crippen molar-refractivity contribution in [2.75, 3.05) is 11.1 Å². The van der Waals surface area contributed by atoms with Crippen LogP contribution in [-0.2, 0) is 9.59 Å². The molecule has 0 radical (unpaired) electrons. The lowest BCUT2D eigenvalue weighted by Gasteiger charge is -2.35. The van der Waals surface area contributed by atoms with Gasteiger partial charge in [-0.1, -0.05) is 41.2 Å². The second kappa shape index (κ2) is 9.65. The average Bonchev–Trinajstić information content (AvgIpc) is 3.17. The molecule has 2 heterocycles. The minimum Gasteiger partial charge on any atom is -0.338 e. The molecule has 3 aromatic rings. The van der Waals surface area contributed by atoms with E-state index in [1.165, 1.54) is 23.1 Å². The highest BCUT2D eigenvalue weighted by Crippen LogP contribution is 2.25. The first kappa shape index (κ1) is 22.2. The number of nitrogens with one attached hydrogen (secondary N) is 4. The number of carbonyl (C=O) groups is 3. The van der Waals surface area contributed by atoms with Crippen molar-refractivity contribution in [3.05, 3.63) is 59.7 Å². The first-order valence-electron chi connectivity index (χ1n) is 9.85. The predicted molar refractivity (Wildman–Crippen MR) is 126 cm³/mol. The van der Waals surface area contributed by atoms with Crippen molar-refractivity contribution in [2.24, 2.45) is 5.73 Å². The molecule has 1 saturated heterocycles. The van der Waals surface area contributed by atoms with Gasteiger partial charge < -0.3 is 21.7 Å². The van der Waals surface area contributed by atoms with Crippen LogP contribution in [0.3, 0.4) is 0 Å². The zero-order valence-corrected chi connectivity index (χ0v) is 18.8. The van der Waals surface area contributed by atoms with Gasteiger partial charge in [-0.2, -0.15) is 0 Å². The molecule has 2 aromatic carbocycles. The molecule has 1 fully saturated rings. The van der Waals surface area contributed by atoms with Crippen molar-refractivity contribution >= 4 is 56.2 Å². The van der Waals surface area contributed by atoms with E-state index in [1.807, 2.05) is 43.3 Å². The zero-order chi connectivity index (χ0) is 22.7. The monoisotopic (exact) mass is 470 g/mol. The summed E-state index contributed by atoms with van der Waals surface area (Å²) in [4.78, 5) is 41.6. The molecule has 0 bridgehead atoms. The van der Waals surface area contributed by atoms with Crippen LogP contribution in [0.2, 0.25) is 0 Å². The molecular formula is C21H22N6O3S2. The lowest BCUT2D eigenvalue weighted by molar-refractivity contribution is -0.125. The number of anilines is 1. The number of carbonyl (C=O) groups excluding carboxylic acids is 3. The lowest BCUT2D eigenvalue weighted by atomic mass is 10.1. The highest BCUT2D eigenvalue weighted by molar-refractivity contribution is 8.00. The maximum Gasteiger partial charge on any atom is 0.252 e. The van der Waals surface area contributed by atoms with E-state index in [0.29, 0.717) is 10.7 Å². The number of hydrogen-bond acceptors (Lipinski definition) is 8. The molecule has 166 valence electrons. The quantitative estimate of drug-likeness (QED) is 0.367. The Hall–Kier alpha value is -2.99. The SMILES string of the molecule is Cc1ccc(C(=O)NC2C(=O)NC(SCC(=O)Nc3nc4ccccc4s3)NC2N)cc1. The van der Waals surface area contributed by atoms with Crippen LogP contribution in [0.25, 0.3) is 10.2 Å². The number of nitrogens with zero attached hydrogens (tertiary/aromatic N) is 1. The summed E-state index contributed by atoms with van der Waals surface area (Å²) >= 11 is 2.58. The summed E-state index contributed by atoms with van der Waals surface area (Å²) in [6.07, 6.45) is -0.803. The Bertz CT molecular complexity index is 1120. The molecule has 3 atom stereocenters. The van der Waals surface area contributed by atoms with Crippen LogP contribution in [0.4, 0.5) is 5.13 Å². The summed E-state index contributed by atoms with van der Waals surface area (Å²) < 4.78 is 0.987. The van der Waals surface area contributed by atoms with E-state index in [2.05, 4.69) is 26.3 Å². The molecule has 0 spiro atoms. The van der Waals surface area contributed by atoms with Crippen LogP contribution in [0.15, 0.2) is 48.5 Å². The van der Waals surface area contributed by atoms with Gasteiger partial charge in [-0.15, -0.1) is 11.8 Å². The van der Waals surface area contributed by atoms with Gasteiger partial charge in [-0.25, -0.2) is 4.98 Å². The highest BCUT2D eigenvalue weighted by Gasteiger charge is 2.35. The second-order valence-electron chi connectivity index (χ2n) is 7.24. The molecule has 1 aliphatic heterocycles. The summed E-state index contributed by atoms with van der Waals surface area (Å²) in [5.74, 6) is -0.959. The van der Waals surface area contributed by atoms with Crippen molar-refractivity contribution in [3.63, 3.8) is 0 Å². The highest BCUT2D eigenvalue weighted by atomic mass is 32.2. The van der Waals surface area contributed by atoms with E-state index in [9.17, 15) is 14.4 Å². The van der Waals surface area contributed by atoms with E-state index < -0.39 is 23.6 Å². The third kappa shape index (κ3) is 5.25. The predicted octanol–water partition coefficient (Wildman–Crippen LogP) is 1.36. The molecule has 3 amide bonds. The molecule has 3 unspecified atom stereocenters. The third-order valence-corrected chi connectivity index (χ3v) is 6.75. The Morgan fingerprint density at radius 1 is 1.19 bits per heavy atom. The van der Waals surface area contributed by atoms with Gasteiger partial charge in [-0.3, -0.25) is 19.7 Å². The molecule has 1 aliphatic rings. The van der Waals surface area contributed by atoms with Crippen molar-refractivity contribution in [3.8, 4) is 0 Å². The molecule has 11 heteroatoms. The molecule has 6 N–H and O–H groups in total. The van der Waals surface area contributed by atoms with Crippen molar-refractivity contribution in [2.45, 2.75) is 24.6 Å². The summed E-state index contributed by atoms with van der Waals surface area (Å²) in [5, 5.41) is 11.7. The summed E-state index contributed by atoms with van der Waals surface area (Å²) in [6, 6.07) is 13.7. The Balaban J connectivity index is 1.27. The summed E-state index contributed by atoms with van der Waals surface area (Å²) in [5.41, 5.74) is 7.81. The maximum absolute atomic E-state index is 12.5. The number of rotatable bonds is 6. The van der Waals surface area contributed by atoms with Gasteiger partial charge in [0.1, 0.15) is 11.5 Å². The van der Waals surface area contributed by atoms with Gasteiger partial charge in [0.2, 0.25) is 11.8 Å². The molecule has 0 aliphatic carbocycles. The van der Waals surface area contributed by atoms with Crippen LogP contribution < -0.4 is 27.0 Å². The number of fused-ring (bicyclic) bond motifs is 1. The standard InChI is InChI=1S/C21H22N6O3S2/c1-11-6-8-12(9-7-11)18(29)25-16-17(22)26-20(27-19(16)30)31-10-15(28)24-21-23-13-4-2-3-5-14(13)32-21/h2-9,16-17,20,26H,10,22H2,1H3,(H,25,29)(H,27,30)(H,23,24,28). The van der Waals surface area contributed by atoms with E-state index in [0.717, 1.165) is 15.8 Å². The van der Waals surface area contributed by atoms with Gasteiger partial charge in [0.05, 0.1) is 22.1 Å². The molecule has 4 rings (SSSR count). The molecule has 1 aromatic heterocycles. The second-order valence-corrected chi connectivity index (χ2v) is 9.37. The minimum absolute atomic E-state index is 0.0843. The first-order valence-corrected chi connectivity index (χ1v) is 11.7. The number of para-hydroxylation sites is 1. The van der Waals surface area contributed by atoms with Gasteiger partial charge in [0.15, 0.2) is 5.13 Å². The molecular weight excluding hydrogens is 448 g/mol. The summed E-state index contributed by atoms with van der Waals surface area (Å²) in [7, 11) is 0. The van der Waals surface area contributed by atoms with Crippen molar-refractivity contribution < 1.29 is 14.4 Å². The van der Waals surface area contributed by atoms with Gasteiger partial charge in [0.25, 0.3) is 5.91 Å². The van der Waals surface area contributed by atoms with Crippen molar-refractivity contribution in [1.29, 1.82) is 0 Å². The normalized spacial score (nSPS) is 20.6. The first-order chi connectivity index (χ1) is 15.4. The number of benzene rings is 2. The van der Waals surface area contributed by atoms with Crippen molar-refractivity contribution in [1.82, 2.24) is 20.9 Å². The van der Waals surface area contributed by atoms with Crippen LogP contribution in [-0.4, -0.2) is 46.2 Å². The fourth-order valence-electron chi connectivity index (χ4n) is 3.11. The molecule has 9 nitrogen and oxygen atoms in total. The van der Waals surface area contributed by atoms with Gasteiger partial charge >= 0.3 is 0 Å². The number of aryl methyl sites for hydroxylation is 1. The number of nitrogens with two attached hydrogens (primary N) is 1. The van der Waals surface area contributed by atoms with E-state index >= 15 is 0 Å². The Morgan fingerprint density at radius 2 is 1.94 bits per heavy atom. The van der Waals surface area contributed by atoms with Crippen LogP contribution in [0.1, 0.15) is 15.9 Å². The average molecular weight is 471 g/mol. The Kier molecular flexibility index (Phi) is 6.70. The number of thioether (sulfide) groups is 1. The lowest BCUT2D eigenvalue weighted by Crippen LogP contribution is -2.70. The number of amides is 3. The molecule has 32 heavy (non-hydrogen) atoms. The smallest absolute Gasteiger partial charge is 0.252 e. The Morgan fingerprint density at radius 3 is 2.66 bits per heavy atom. The molecule has 0 saturated carbocycles. The number of aromatic nitrogens is 1. The topological polar surface area (TPSA) is 138 Å². The van der Waals surface area contributed by atoms with Gasteiger partial charge in [-0.05, 0) is 31.2 Å². The Labute approximate surface area is 192 Å². The largest absolute Gasteiger partial charge is 0.338 e. The van der Waals surface area contributed by atoms with E-state index in [-0.39, 0.29) is 17.6 Å². The van der Waals surface area contributed by atoms with Crippen LogP contribution >= 0.6 is 23.1 Å².